The highest BCUT2D eigenvalue weighted by molar-refractivity contribution is 7.17. The van der Waals surface area contributed by atoms with Gasteiger partial charge in [0.15, 0.2) is 0 Å². The first kappa shape index (κ1) is 21.0. The Morgan fingerprint density at radius 1 is 1.09 bits per heavy atom. The van der Waals surface area contributed by atoms with Crippen LogP contribution in [0.2, 0.25) is 0 Å². The van der Waals surface area contributed by atoms with Crippen LogP contribution in [0.15, 0.2) is 53.9 Å². The SMILES string of the molecule is Cc1ccc(CNc2nc(CN3CCOCC3)nc3scc(-c4ccccc4)c23)cc1F. The predicted octanol–water partition coefficient (Wildman–Crippen LogP) is 5.25. The second-order valence-electron chi connectivity index (χ2n) is 8.01. The van der Waals surface area contributed by atoms with Gasteiger partial charge in [-0.1, -0.05) is 42.5 Å². The molecule has 0 spiro atoms. The Bertz CT molecular complexity index is 1220. The molecule has 0 bridgehead atoms. The smallest absolute Gasteiger partial charge is 0.146 e. The average Bonchev–Trinajstić information content (AvgIpc) is 3.25. The van der Waals surface area contributed by atoms with Gasteiger partial charge in [0.05, 0.1) is 25.1 Å². The van der Waals surface area contributed by atoms with Crippen molar-refractivity contribution in [1.82, 2.24) is 14.9 Å². The summed E-state index contributed by atoms with van der Waals surface area (Å²) < 4.78 is 19.5. The first-order chi connectivity index (χ1) is 15.7. The van der Waals surface area contributed by atoms with Gasteiger partial charge in [-0.25, -0.2) is 14.4 Å². The molecule has 1 aliphatic heterocycles. The molecule has 0 saturated carbocycles. The summed E-state index contributed by atoms with van der Waals surface area (Å²) >= 11 is 1.63. The van der Waals surface area contributed by atoms with E-state index >= 15 is 0 Å². The van der Waals surface area contributed by atoms with Crippen LogP contribution in [0.1, 0.15) is 17.0 Å². The number of ether oxygens (including phenoxy) is 1. The van der Waals surface area contributed by atoms with Crippen LogP contribution in [0.5, 0.6) is 0 Å². The number of halogens is 1. The van der Waals surface area contributed by atoms with Crippen LogP contribution in [0.25, 0.3) is 21.3 Å². The van der Waals surface area contributed by atoms with Gasteiger partial charge in [0.2, 0.25) is 0 Å². The zero-order valence-corrected chi connectivity index (χ0v) is 18.8. The minimum atomic E-state index is -0.189. The van der Waals surface area contributed by atoms with Crippen molar-refractivity contribution in [3.8, 4) is 11.1 Å². The van der Waals surface area contributed by atoms with Crippen molar-refractivity contribution in [2.45, 2.75) is 20.0 Å². The zero-order valence-electron chi connectivity index (χ0n) is 18.0. The lowest BCUT2D eigenvalue weighted by Crippen LogP contribution is -2.36. The number of hydrogen-bond acceptors (Lipinski definition) is 6. The molecule has 1 N–H and O–H groups in total. The minimum absolute atomic E-state index is 0.189. The van der Waals surface area contributed by atoms with Crippen molar-refractivity contribution in [3.05, 3.63) is 76.7 Å². The normalized spacial score (nSPS) is 14.7. The number of fused-ring (bicyclic) bond motifs is 1. The van der Waals surface area contributed by atoms with Gasteiger partial charge in [-0.2, -0.15) is 0 Å². The first-order valence-corrected chi connectivity index (χ1v) is 11.7. The fourth-order valence-electron chi connectivity index (χ4n) is 3.91. The Kier molecular flexibility index (Phi) is 6.12. The van der Waals surface area contributed by atoms with E-state index < -0.39 is 0 Å². The number of nitrogens with one attached hydrogen (secondary N) is 1. The van der Waals surface area contributed by atoms with E-state index in [4.69, 9.17) is 14.7 Å². The maximum absolute atomic E-state index is 14.1. The van der Waals surface area contributed by atoms with Crippen molar-refractivity contribution in [2.24, 2.45) is 0 Å². The molecule has 32 heavy (non-hydrogen) atoms. The summed E-state index contributed by atoms with van der Waals surface area (Å²) in [7, 11) is 0. The molecule has 1 fully saturated rings. The molecule has 0 aliphatic carbocycles. The second-order valence-corrected chi connectivity index (χ2v) is 8.87. The zero-order chi connectivity index (χ0) is 21.9. The molecule has 5 rings (SSSR count). The van der Waals surface area contributed by atoms with Gasteiger partial charge in [0.1, 0.15) is 22.3 Å². The van der Waals surface area contributed by atoms with Gasteiger partial charge in [0, 0.05) is 30.6 Å². The number of anilines is 1. The van der Waals surface area contributed by atoms with Crippen LogP contribution in [0.4, 0.5) is 10.2 Å². The van der Waals surface area contributed by atoms with Crippen LogP contribution in [-0.4, -0.2) is 41.2 Å². The van der Waals surface area contributed by atoms with Crippen LogP contribution < -0.4 is 5.32 Å². The Labute approximate surface area is 190 Å². The molecule has 5 nitrogen and oxygen atoms in total. The van der Waals surface area contributed by atoms with Crippen LogP contribution in [0.3, 0.4) is 0 Å². The maximum atomic E-state index is 14.1. The minimum Gasteiger partial charge on any atom is -0.379 e. The number of morpholine rings is 1. The molecule has 2 aromatic carbocycles. The highest BCUT2D eigenvalue weighted by Gasteiger charge is 2.18. The lowest BCUT2D eigenvalue weighted by molar-refractivity contribution is 0.0331. The Morgan fingerprint density at radius 3 is 2.69 bits per heavy atom. The van der Waals surface area contributed by atoms with Gasteiger partial charge < -0.3 is 10.1 Å². The summed E-state index contributed by atoms with van der Waals surface area (Å²) in [6.45, 7) is 6.19. The van der Waals surface area contributed by atoms with Gasteiger partial charge in [-0.05, 0) is 29.7 Å². The Morgan fingerprint density at radius 2 is 1.91 bits per heavy atom. The summed E-state index contributed by atoms with van der Waals surface area (Å²) in [6.07, 6.45) is 0. The van der Waals surface area contributed by atoms with Crippen molar-refractivity contribution in [2.75, 3.05) is 31.6 Å². The third-order valence-electron chi connectivity index (χ3n) is 5.73. The van der Waals surface area contributed by atoms with E-state index in [1.807, 2.05) is 30.3 Å². The molecule has 0 atom stereocenters. The number of nitrogens with zero attached hydrogens (tertiary/aromatic N) is 3. The third kappa shape index (κ3) is 4.50. The number of rotatable bonds is 6. The number of aryl methyl sites for hydroxylation is 1. The summed E-state index contributed by atoms with van der Waals surface area (Å²) in [5, 5.41) is 6.63. The lowest BCUT2D eigenvalue weighted by Gasteiger charge is -2.25. The van der Waals surface area contributed by atoms with Crippen LogP contribution >= 0.6 is 11.3 Å². The second kappa shape index (κ2) is 9.32. The third-order valence-corrected chi connectivity index (χ3v) is 6.60. The quantitative estimate of drug-likeness (QED) is 0.437. The summed E-state index contributed by atoms with van der Waals surface area (Å²) in [6, 6.07) is 15.6. The Balaban J connectivity index is 1.51. The molecule has 0 unspecified atom stereocenters. The largest absolute Gasteiger partial charge is 0.379 e. The van der Waals surface area contributed by atoms with Gasteiger partial charge in [-0.3, -0.25) is 4.90 Å². The van der Waals surface area contributed by atoms with E-state index in [1.54, 1.807) is 24.3 Å². The molecular formula is C25H25FN4OS. The van der Waals surface area contributed by atoms with E-state index in [1.165, 1.54) is 0 Å². The number of hydrogen-bond donors (Lipinski definition) is 1. The number of thiophene rings is 1. The lowest BCUT2D eigenvalue weighted by atomic mass is 10.1. The van der Waals surface area contributed by atoms with E-state index in [2.05, 4.69) is 27.7 Å². The molecule has 0 amide bonds. The molecule has 164 valence electrons. The average molecular weight is 449 g/mol. The van der Waals surface area contributed by atoms with E-state index in [0.29, 0.717) is 18.7 Å². The molecule has 4 aromatic rings. The van der Waals surface area contributed by atoms with Crippen molar-refractivity contribution in [3.63, 3.8) is 0 Å². The van der Waals surface area contributed by atoms with E-state index in [0.717, 1.165) is 64.9 Å². The van der Waals surface area contributed by atoms with E-state index in [-0.39, 0.29) is 5.82 Å². The first-order valence-electron chi connectivity index (χ1n) is 10.8. The monoisotopic (exact) mass is 448 g/mol. The van der Waals surface area contributed by atoms with Crippen molar-refractivity contribution in [1.29, 1.82) is 0 Å². The van der Waals surface area contributed by atoms with Gasteiger partial charge >= 0.3 is 0 Å². The summed E-state index contributed by atoms with van der Waals surface area (Å²) in [5.74, 6) is 1.39. The molecule has 3 heterocycles. The predicted molar refractivity (Wildman–Crippen MR) is 127 cm³/mol. The molecule has 0 radical (unpaired) electrons. The summed E-state index contributed by atoms with van der Waals surface area (Å²) in [4.78, 5) is 13.1. The highest BCUT2D eigenvalue weighted by Crippen LogP contribution is 2.37. The number of benzene rings is 2. The Hall–Kier alpha value is -2.87. The summed E-state index contributed by atoms with van der Waals surface area (Å²) in [5.41, 5.74) is 3.77. The van der Waals surface area contributed by atoms with Gasteiger partial charge in [0.25, 0.3) is 0 Å². The maximum Gasteiger partial charge on any atom is 0.146 e. The molecule has 2 aromatic heterocycles. The number of aromatic nitrogens is 2. The fraction of sp³-hybridized carbons (Fsp3) is 0.280. The van der Waals surface area contributed by atoms with Gasteiger partial charge in [-0.15, -0.1) is 11.3 Å². The molecular weight excluding hydrogens is 423 g/mol. The highest BCUT2D eigenvalue weighted by atomic mass is 32.1. The van der Waals surface area contributed by atoms with Crippen molar-refractivity contribution < 1.29 is 9.13 Å². The fourth-order valence-corrected chi connectivity index (χ4v) is 4.87. The standard InChI is InChI=1S/C25H25FN4OS/c1-17-7-8-18(13-21(17)26)14-27-24-23-20(19-5-3-2-4-6-19)16-32-25(23)29-22(28-24)15-30-9-11-31-12-10-30/h2-8,13,16H,9-12,14-15H2,1H3,(H,27,28,29). The van der Waals surface area contributed by atoms with Crippen molar-refractivity contribution >= 4 is 27.4 Å². The van der Waals surface area contributed by atoms with Crippen LogP contribution in [-0.2, 0) is 17.8 Å². The molecule has 1 saturated heterocycles. The topological polar surface area (TPSA) is 50.3 Å². The van der Waals surface area contributed by atoms with E-state index in [9.17, 15) is 4.39 Å². The van der Waals surface area contributed by atoms with Crippen LogP contribution in [0, 0.1) is 12.7 Å². The molecule has 1 aliphatic rings. The molecule has 7 heteroatoms.